The van der Waals surface area contributed by atoms with Gasteiger partial charge in [-0.25, -0.2) is 0 Å². The molecule has 1 heterocycles. The molecule has 0 fully saturated rings. The number of hydrogen-bond acceptors (Lipinski definition) is 5. The van der Waals surface area contributed by atoms with Crippen LogP contribution in [0.2, 0.25) is 0 Å². The van der Waals surface area contributed by atoms with E-state index in [2.05, 4.69) is 21.1 Å². The molecule has 0 saturated carbocycles. The average molecular weight is 400 g/mol. The summed E-state index contributed by atoms with van der Waals surface area (Å²) in [7, 11) is 0. The minimum absolute atomic E-state index is 0.0819. The SMILES string of the molecule is Cc1ccc(-c2cc(C(=O)CC(=O)c3cc(Br)ccc3O)no2)cc1. The minimum atomic E-state index is -0.483. The van der Waals surface area contributed by atoms with Gasteiger partial charge < -0.3 is 9.63 Å². The van der Waals surface area contributed by atoms with Crippen molar-refractivity contribution in [2.75, 3.05) is 0 Å². The van der Waals surface area contributed by atoms with Crippen molar-refractivity contribution in [1.29, 1.82) is 0 Å². The Morgan fingerprint density at radius 1 is 1.08 bits per heavy atom. The van der Waals surface area contributed by atoms with Crippen LogP contribution in [0.5, 0.6) is 5.75 Å². The molecule has 6 heteroatoms. The predicted molar refractivity (Wildman–Crippen MR) is 95.8 cm³/mol. The topological polar surface area (TPSA) is 80.4 Å². The number of phenolic OH excluding ortho intramolecular Hbond substituents is 1. The molecule has 25 heavy (non-hydrogen) atoms. The first-order valence-corrected chi connectivity index (χ1v) is 8.32. The summed E-state index contributed by atoms with van der Waals surface area (Å²) >= 11 is 3.23. The van der Waals surface area contributed by atoms with Gasteiger partial charge in [0.05, 0.1) is 12.0 Å². The van der Waals surface area contributed by atoms with Gasteiger partial charge in [0.15, 0.2) is 23.0 Å². The molecule has 0 amide bonds. The molecular weight excluding hydrogens is 386 g/mol. The van der Waals surface area contributed by atoms with Gasteiger partial charge in [-0.05, 0) is 25.1 Å². The number of hydrogen-bond donors (Lipinski definition) is 1. The summed E-state index contributed by atoms with van der Waals surface area (Å²) in [6, 6.07) is 13.6. The van der Waals surface area contributed by atoms with Crippen LogP contribution in [-0.4, -0.2) is 21.8 Å². The zero-order valence-corrected chi connectivity index (χ0v) is 14.9. The Kier molecular flexibility index (Phi) is 4.81. The molecule has 0 spiro atoms. The van der Waals surface area contributed by atoms with Crippen molar-refractivity contribution in [2.45, 2.75) is 13.3 Å². The predicted octanol–water partition coefficient (Wildman–Crippen LogP) is 4.57. The first kappa shape index (κ1) is 17.1. The smallest absolute Gasteiger partial charge is 0.192 e. The van der Waals surface area contributed by atoms with E-state index >= 15 is 0 Å². The molecule has 5 nitrogen and oxygen atoms in total. The summed E-state index contributed by atoms with van der Waals surface area (Å²) in [5.41, 5.74) is 2.08. The Hall–Kier alpha value is -2.73. The van der Waals surface area contributed by atoms with E-state index in [1.807, 2.05) is 31.2 Å². The van der Waals surface area contributed by atoms with E-state index in [9.17, 15) is 14.7 Å². The zero-order valence-electron chi connectivity index (χ0n) is 13.3. The molecule has 0 aliphatic heterocycles. The number of Topliss-reactive ketones (excluding diaryl/α,β-unsaturated/α-hetero) is 2. The first-order valence-electron chi connectivity index (χ1n) is 7.53. The molecule has 0 aliphatic carbocycles. The quantitative estimate of drug-likeness (QED) is 0.501. The third-order valence-corrected chi connectivity index (χ3v) is 4.21. The summed E-state index contributed by atoms with van der Waals surface area (Å²) < 4.78 is 5.85. The number of aromatic nitrogens is 1. The maximum Gasteiger partial charge on any atom is 0.192 e. The van der Waals surface area contributed by atoms with Crippen molar-refractivity contribution >= 4 is 27.5 Å². The molecule has 1 aromatic heterocycles. The second kappa shape index (κ2) is 7.03. The highest BCUT2D eigenvalue weighted by molar-refractivity contribution is 9.10. The fourth-order valence-corrected chi connectivity index (χ4v) is 2.68. The van der Waals surface area contributed by atoms with Gasteiger partial charge >= 0.3 is 0 Å². The van der Waals surface area contributed by atoms with Crippen LogP contribution in [-0.2, 0) is 0 Å². The number of nitrogens with zero attached hydrogens (tertiary/aromatic N) is 1. The number of phenols is 1. The molecule has 2 aromatic carbocycles. The monoisotopic (exact) mass is 399 g/mol. The molecule has 126 valence electrons. The fourth-order valence-electron chi connectivity index (χ4n) is 2.32. The fraction of sp³-hybridized carbons (Fsp3) is 0.105. The Labute approximate surface area is 152 Å². The highest BCUT2D eigenvalue weighted by Crippen LogP contribution is 2.25. The summed E-state index contributed by atoms with van der Waals surface area (Å²) in [5, 5.41) is 13.5. The lowest BCUT2D eigenvalue weighted by Crippen LogP contribution is -2.09. The zero-order chi connectivity index (χ0) is 18.0. The number of benzene rings is 2. The molecule has 0 aliphatic rings. The van der Waals surface area contributed by atoms with Gasteiger partial charge in [-0.3, -0.25) is 9.59 Å². The summed E-state index contributed by atoms with van der Waals surface area (Å²) in [6.07, 6.45) is -0.399. The lowest BCUT2D eigenvalue weighted by molar-refractivity contribution is 0.0888. The van der Waals surface area contributed by atoms with Gasteiger partial charge in [-0.15, -0.1) is 0 Å². The normalized spacial score (nSPS) is 10.6. The summed E-state index contributed by atoms with van der Waals surface area (Å²) in [4.78, 5) is 24.5. The number of carbonyl (C=O) groups excluding carboxylic acids is 2. The van der Waals surface area contributed by atoms with E-state index < -0.39 is 18.0 Å². The molecule has 3 rings (SSSR count). The van der Waals surface area contributed by atoms with Crippen LogP contribution in [0.1, 0.15) is 32.8 Å². The molecule has 0 radical (unpaired) electrons. The van der Waals surface area contributed by atoms with Crippen molar-refractivity contribution < 1.29 is 19.2 Å². The van der Waals surface area contributed by atoms with Gasteiger partial charge in [-0.1, -0.05) is 50.9 Å². The molecule has 0 saturated heterocycles. The molecule has 3 aromatic rings. The number of aryl methyl sites for hydroxylation is 1. The maximum absolute atomic E-state index is 12.3. The van der Waals surface area contributed by atoms with Crippen molar-refractivity contribution in [2.24, 2.45) is 0 Å². The summed E-state index contributed by atoms with van der Waals surface area (Å²) in [6.45, 7) is 1.97. The highest BCUT2D eigenvalue weighted by atomic mass is 79.9. The molecule has 0 atom stereocenters. The standard InChI is InChI=1S/C19H14BrNO4/c1-11-2-4-12(5-3-11)19-9-15(21-25-19)18(24)10-17(23)14-8-13(20)6-7-16(14)22/h2-9,22H,10H2,1H3. The van der Waals surface area contributed by atoms with Crippen LogP contribution in [0.4, 0.5) is 0 Å². The number of aromatic hydroxyl groups is 1. The van der Waals surface area contributed by atoms with E-state index in [1.165, 1.54) is 18.2 Å². The molecule has 0 bridgehead atoms. The van der Waals surface area contributed by atoms with Crippen molar-refractivity contribution in [3.05, 3.63) is 69.8 Å². The highest BCUT2D eigenvalue weighted by Gasteiger charge is 2.20. The van der Waals surface area contributed by atoms with Crippen LogP contribution in [0.15, 0.2) is 57.5 Å². The van der Waals surface area contributed by atoms with Gasteiger partial charge in [-0.2, -0.15) is 0 Å². The largest absolute Gasteiger partial charge is 0.507 e. The van der Waals surface area contributed by atoms with Crippen molar-refractivity contribution in [3.8, 4) is 17.1 Å². The first-order chi connectivity index (χ1) is 11.9. The second-order valence-corrected chi connectivity index (χ2v) is 6.54. The maximum atomic E-state index is 12.3. The lowest BCUT2D eigenvalue weighted by atomic mass is 10.0. The summed E-state index contributed by atoms with van der Waals surface area (Å²) in [5.74, 6) is -0.655. The second-order valence-electron chi connectivity index (χ2n) is 5.63. The Bertz CT molecular complexity index is 944. The lowest BCUT2D eigenvalue weighted by Gasteiger charge is -2.03. The van der Waals surface area contributed by atoms with Crippen molar-refractivity contribution in [1.82, 2.24) is 5.16 Å². The Morgan fingerprint density at radius 2 is 1.80 bits per heavy atom. The van der Waals surface area contributed by atoms with Crippen LogP contribution < -0.4 is 0 Å². The van der Waals surface area contributed by atoms with Gasteiger partial charge in [0.25, 0.3) is 0 Å². The number of halogens is 1. The van der Waals surface area contributed by atoms with Crippen molar-refractivity contribution in [3.63, 3.8) is 0 Å². The van der Waals surface area contributed by atoms with Gasteiger partial charge in [0.1, 0.15) is 5.75 Å². The van der Waals surface area contributed by atoms with E-state index in [1.54, 1.807) is 6.07 Å². The third-order valence-electron chi connectivity index (χ3n) is 3.71. The van der Waals surface area contributed by atoms with Crippen LogP contribution in [0, 0.1) is 6.92 Å². The molecule has 0 unspecified atom stereocenters. The Balaban J connectivity index is 1.76. The van der Waals surface area contributed by atoms with Crippen LogP contribution in [0.3, 0.4) is 0 Å². The third kappa shape index (κ3) is 3.85. The molecular formula is C19H14BrNO4. The number of rotatable bonds is 5. The average Bonchev–Trinajstić information content (AvgIpc) is 3.07. The van der Waals surface area contributed by atoms with E-state index in [4.69, 9.17) is 4.52 Å². The van der Waals surface area contributed by atoms with Crippen LogP contribution >= 0.6 is 15.9 Å². The van der Waals surface area contributed by atoms with Crippen LogP contribution in [0.25, 0.3) is 11.3 Å². The van der Waals surface area contributed by atoms with Gasteiger partial charge in [0, 0.05) is 16.1 Å². The van der Waals surface area contributed by atoms with E-state index in [0.717, 1.165) is 11.1 Å². The number of carbonyl (C=O) groups is 2. The Morgan fingerprint density at radius 3 is 2.52 bits per heavy atom. The number of ketones is 2. The molecule has 1 N–H and O–H groups in total. The van der Waals surface area contributed by atoms with Gasteiger partial charge in [0.2, 0.25) is 0 Å². The van der Waals surface area contributed by atoms with E-state index in [-0.39, 0.29) is 17.0 Å². The minimum Gasteiger partial charge on any atom is -0.507 e. The van der Waals surface area contributed by atoms with E-state index in [0.29, 0.717) is 10.2 Å².